The molecule has 1 aromatic heterocycles. The number of imidazole rings is 1. The van der Waals surface area contributed by atoms with Gasteiger partial charge in [0, 0.05) is 18.9 Å². The number of aryl methyl sites for hydroxylation is 1. The summed E-state index contributed by atoms with van der Waals surface area (Å²) in [7, 11) is 0. The van der Waals surface area contributed by atoms with Gasteiger partial charge in [0.2, 0.25) is 0 Å². The SMILES string of the molecule is CCCCn1ccnc1CSCC.[Cl-].[Pt+2]. The maximum atomic E-state index is 4.35. The fraction of sp³-hybridized carbons (Fsp3) is 0.700. The predicted molar refractivity (Wildman–Crippen MR) is 59.0 cm³/mol. The van der Waals surface area contributed by atoms with Crippen LogP contribution < -0.4 is 12.4 Å². The van der Waals surface area contributed by atoms with Gasteiger partial charge in [0.15, 0.2) is 0 Å². The monoisotopic (exact) mass is 428 g/mol. The average Bonchev–Trinajstić information content (AvgIpc) is 2.59. The van der Waals surface area contributed by atoms with Crippen molar-refractivity contribution in [3.05, 3.63) is 18.2 Å². The van der Waals surface area contributed by atoms with Crippen molar-refractivity contribution in [3.8, 4) is 0 Å². The number of hydrogen-bond donors (Lipinski definition) is 0. The summed E-state index contributed by atoms with van der Waals surface area (Å²) in [6.45, 7) is 5.53. The molecule has 0 saturated heterocycles. The second-order valence-corrected chi connectivity index (χ2v) is 4.30. The molecule has 0 atom stereocenters. The molecule has 0 bridgehead atoms. The van der Waals surface area contributed by atoms with Gasteiger partial charge in [-0.3, -0.25) is 0 Å². The summed E-state index contributed by atoms with van der Waals surface area (Å²) < 4.78 is 2.27. The number of halogens is 1. The van der Waals surface area contributed by atoms with E-state index in [4.69, 9.17) is 0 Å². The van der Waals surface area contributed by atoms with Gasteiger partial charge in [-0.25, -0.2) is 4.98 Å². The van der Waals surface area contributed by atoms with E-state index in [1.807, 2.05) is 18.0 Å². The Morgan fingerprint density at radius 2 is 2.13 bits per heavy atom. The van der Waals surface area contributed by atoms with Crippen LogP contribution >= 0.6 is 11.8 Å². The Morgan fingerprint density at radius 1 is 1.40 bits per heavy atom. The summed E-state index contributed by atoms with van der Waals surface area (Å²) in [6, 6.07) is 0. The maximum absolute atomic E-state index is 4.35. The summed E-state index contributed by atoms with van der Waals surface area (Å²) in [5, 5.41) is 0. The Bertz CT molecular complexity index is 221. The normalized spacial score (nSPS) is 9.20. The number of nitrogens with zero attached hydrogens (tertiary/aromatic N) is 2. The van der Waals surface area contributed by atoms with E-state index in [1.54, 1.807) is 0 Å². The molecule has 0 aliphatic rings. The molecule has 0 spiro atoms. The number of aromatic nitrogens is 2. The van der Waals surface area contributed by atoms with Crippen LogP contribution in [0.15, 0.2) is 12.4 Å². The topological polar surface area (TPSA) is 17.8 Å². The fourth-order valence-electron chi connectivity index (χ4n) is 1.21. The van der Waals surface area contributed by atoms with Crippen LogP contribution in [0.3, 0.4) is 0 Å². The number of thioether (sulfide) groups is 1. The first-order chi connectivity index (χ1) is 6.38. The van der Waals surface area contributed by atoms with Crippen molar-refractivity contribution >= 4 is 11.8 Å². The molecule has 0 aliphatic heterocycles. The van der Waals surface area contributed by atoms with Gasteiger partial charge in [0.05, 0.1) is 5.75 Å². The molecule has 1 rings (SSSR count). The maximum Gasteiger partial charge on any atom is 2.00 e. The van der Waals surface area contributed by atoms with Crippen molar-refractivity contribution in [3.63, 3.8) is 0 Å². The van der Waals surface area contributed by atoms with Crippen molar-refractivity contribution < 1.29 is 33.5 Å². The molecule has 0 amide bonds. The molecule has 1 heterocycles. The molecule has 5 heteroatoms. The molecule has 0 N–H and O–H groups in total. The van der Waals surface area contributed by atoms with Crippen LogP contribution in [0.1, 0.15) is 32.5 Å². The van der Waals surface area contributed by atoms with Gasteiger partial charge >= 0.3 is 21.1 Å². The first kappa shape index (κ1) is 17.9. The quantitative estimate of drug-likeness (QED) is 0.632. The third-order valence-corrected chi connectivity index (χ3v) is 2.86. The molecule has 2 nitrogen and oxygen atoms in total. The Labute approximate surface area is 117 Å². The number of rotatable bonds is 6. The first-order valence-electron chi connectivity index (χ1n) is 4.96. The van der Waals surface area contributed by atoms with E-state index >= 15 is 0 Å². The van der Waals surface area contributed by atoms with Crippen molar-refractivity contribution in [1.29, 1.82) is 0 Å². The summed E-state index contributed by atoms with van der Waals surface area (Å²) in [5.74, 6) is 3.44. The zero-order chi connectivity index (χ0) is 9.52. The van der Waals surface area contributed by atoms with Gasteiger partial charge in [-0.2, -0.15) is 11.8 Å². The van der Waals surface area contributed by atoms with Crippen LogP contribution in [0.4, 0.5) is 0 Å². The van der Waals surface area contributed by atoms with E-state index in [1.165, 1.54) is 24.4 Å². The Balaban J connectivity index is 0. The van der Waals surface area contributed by atoms with Gasteiger partial charge in [-0.15, -0.1) is 0 Å². The molecule has 0 aromatic carbocycles. The van der Waals surface area contributed by atoms with Gasteiger partial charge < -0.3 is 17.0 Å². The van der Waals surface area contributed by atoms with Crippen LogP contribution in [-0.4, -0.2) is 15.3 Å². The van der Waals surface area contributed by atoms with E-state index in [0.717, 1.165) is 12.3 Å². The minimum absolute atomic E-state index is 0. The van der Waals surface area contributed by atoms with E-state index < -0.39 is 0 Å². The molecule has 1 aromatic rings. The first-order valence-corrected chi connectivity index (χ1v) is 6.11. The Kier molecular flexibility index (Phi) is 13.2. The molecular formula is C10H18ClN2PtS+. The minimum Gasteiger partial charge on any atom is -1.00 e. The van der Waals surface area contributed by atoms with Crippen LogP contribution in [0, 0.1) is 0 Å². The number of unbranched alkanes of at least 4 members (excludes halogenated alkanes) is 1. The van der Waals surface area contributed by atoms with Crippen molar-refractivity contribution in [1.82, 2.24) is 9.55 Å². The van der Waals surface area contributed by atoms with E-state index in [-0.39, 0.29) is 33.5 Å². The van der Waals surface area contributed by atoms with Crippen LogP contribution in [0.5, 0.6) is 0 Å². The molecule has 0 radical (unpaired) electrons. The van der Waals surface area contributed by atoms with Crippen molar-refractivity contribution in [2.24, 2.45) is 0 Å². The van der Waals surface area contributed by atoms with E-state index in [0.29, 0.717) is 0 Å². The third kappa shape index (κ3) is 6.65. The van der Waals surface area contributed by atoms with E-state index in [2.05, 4.69) is 29.6 Å². The average molecular weight is 429 g/mol. The van der Waals surface area contributed by atoms with Crippen LogP contribution in [0.2, 0.25) is 0 Å². The van der Waals surface area contributed by atoms with Crippen LogP contribution in [0.25, 0.3) is 0 Å². The van der Waals surface area contributed by atoms with Gasteiger partial charge in [0.1, 0.15) is 5.82 Å². The standard InChI is InChI=1S/C10H18N2S.ClH.Pt/c1-3-5-7-12-8-6-11-10(12)9-13-4-2;;/h6,8H,3-5,7,9H2,1-2H3;1H;/q;;+2/p-1. The van der Waals surface area contributed by atoms with Crippen LogP contribution in [-0.2, 0) is 33.4 Å². The van der Waals surface area contributed by atoms with Crippen molar-refractivity contribution in [2.45, 2.75) is 39.0 Å². The summed E-state index contributed by atoms with van der Waals surface area (Å²) in [6.07, 6.45) is 6.49. The minimum atomic E-state index is 0. The smallest absolute Gasteiger partial charge is 1.00 e. The second kappa shape index (κ2) is 11.0. The molecular weight excluding hydrogens is 411 g/mol. The predicted octanol–water partition coefficient (Wildman–Crippen LogP) is -0.0622. The Hall–Kier alpha value is 0.538. The molecule has 0 unspecified atom stereocenters. The third-order valence-electron chi connectivity index (χ3n) is 1.99. The second-order valence-electron chi connectivity index (χ2n) is 3.03. The van der Waals surface area contributed by atoms with Crippen molar-refractivity contribution in [2.75, 3.05) is 5.75 Å². The van der Waals surface area contributed by atoms with Gasteiger partial charge in [0.25, 0.3) is 0 Å². The van der Waals surface area contributed by atoms with Gasteiger partial charge in [-0.1, -0.05) is 20.3 Å². The summed E-state index contributed by atoms with van der Waals surface area (Å²) in [5.41, 5.74) is 0. The molecule has 15 heavy (non-hydrogen) atoms. The molecule has 0 aliphatic carbocycles. The zero-order valence-corrected chi connectivity index (χ0v) is 13.0. The number of hydrogen-bond acceptors (Lipinski definition) is 2. The van der Waals surface area contributed by atoms with Gasteiger partial charge in [-0.05, 0) is 12.2 Å². The fourth-order valence-corrected chi connectivity index (χ4v) is 1.83. The van der Waals surface area contributed by atoms with E-state index in [9.17, 15) is 0 Å². The molecule has 0 fully saturated rings. The summed E-state index contributed by atoms with van der Waals surface area (Å²) in [4.78, 5) is 4.35. The molecule has 0 saturated carbocycles. The molecule has 90 valence electrons. The summed E-state index contributed by atoms with van der Waals surface area (Å²) >= 11 is 1.93. The largest absolute Gasteiger partial charge is 2.00 e. The Morgan fingerprint density at radius 3 is 2.73 bits per heavy atom. The zero-order valence-electron chi connectivity index (χ0n) is 9.19.